The highest BCUT2D eigenvalue weighted by Crippen LogP contribution is 2.35. The summed E-state index contributed by atoms with van der Waals surface area (Å²) in [7, 11) is 1.77. The summed E-state index contributed by atoms with van der Waals surface area (Å²) >= 11 is 1.26. The van der Waals surface area contributed by atoms with Crippen molar-refractivity contribution >= 4 is 29.2 Å². The van der Waals surface area contributed by atoms with Crippen LogP contribution in [0.4, 0.5) is 11.5 Å². The van der Waals surface area contributed by atoms with Gasteiger partial charge in [-0.25, -0.2) is 4.98 Å². The number of hydrogen-bond acceptors (Lipinski definition) is 7. The van der Waals surface area contributed by atoms with Crippen molar-refractivity contribution in [2.24, 2.45) is 12.2 Å². The Kier molecular flexibility index (Phi) is 5.84. The van der Waals surface area contributed by atoms with E-state index in [9.17, 15) is 9.70 Å². The third kappa shape index (κ3) is 4.23. The van der Waals surface area contributed by atoms with Gasteiger partial charge in [-0.15, -0.1) is 4.91 Å². The van der Waals surface area contributed by atoms with Gasteiger partial charge in [-0.3, -0.25) is 4.79 Å². The van der Waals surface area contributed by atoms with Gasteiger partial charge < -0.3 is 5.32 Å². The fourth-order valence-corrected chi connectivity index (χ4v) is 4.51. The number of aromatic nitrogens is 5. The van der Waals surface area contributed by atoms with E-state index in [0.717, 1.165) is 5.56 Å². The minimum Gasteiger partial charge on any atom is -0.306 e. The Morgan fingerprint density at radius 3 is 2.77 bits per heavy atom. The number of aryl methyl sites for hydroxylation is 2. The van der Waals surface area contributed by atoms with Crippen LogP contribution in [0.15, 0.2) is 45.7 Å². The molecule has 30 heavy (non-hydrogen) atoms. The molecule has 2 aromatic heterocycles. The number of tetrazole rings is 1. The molecule has 0 spiro atoms. The van der Waals surface area contributed by atoms with Crippen molar-refractivity contribution in [1.29, 1.82) is 0 Å². The summed E-state index contributed by atoms with van der Waals surface area (Å²) in [5.41, 5.74) is 2.64. The van der Waals surface area contributed by atoms with Crippen molar-refractivity contribution in [1.82, 2.24) is 20.5 Å². The number of nitrogens with one attached hydrogen (secondary N) is 2. The normalized spacial score (nSPS) is 14.1. The van der Waals surface area contributed by atoms with E-state index < -0.39 is 0 Å². The molecule has 0 bridgehead atoms. The Morgan fingerprint density at radius 1 is 1.30 bits per heavy atom. The molecule has 154 valence electrons. The van der Waals surface area contributed by atoms with Crippen molar-refractivity contribution in [3.63, 3.8) is 0 Å². The topological polar surface area (TPSA) is 117 Å². The fraction of sp³-hybridized carbons (Fsp3) is 0.350. The lowest BCUT2D eigenvalue weighted by atomic mass is 9.98. The molecule has 0 radical (unpaired) electrons. The number of amides is 1. The number of nitroso groups, excluding NO2 is 1. The third-order valence-electron chi connectivity index (χ3n) is 5.29. The molecule has 0 unspecified atom stereocenters. The third-order valence-corrected chi connectivity index (χ3v) is 6.40. The highest BCUT2D eigenvalue weighted by molar-refractivity contribution is 7.99. The van der Waals surface area contributed by atoms with Gasteiger partial charge in [-0.05, 0) is 71.9 Å². The van der Waals surface area contributed by atoms with Crippen LogP contribution in [0.1, 0.15) is 53.1 Å². The van der Waals surface area contributed by atoms with Gasteiger partial charge in [0.05, 0.1) is 12.6 Å². The molecular formula is C20H22N7O2S+. The lowest BCUT2D eigenvalue weighted by Crippen LogP contribution is -2.32. The smallest absolute Gasteiger partial charge is 0.306 e. The van der Waals surface area contributed by atoms with Crippen molar-refractivity contribution in [2.75, 3.05) is 5.32 Å². The van der Waals surface area contributed by atoms with Gasteiger partial charge in [-0.2, -0.15) is 4.68 Å². The highest BCUT2D eigenvalue weighted by Gasteiger charge is 2.22. The second kappa shape index (κ2) is 8.70. The van der Waals surface area contributed by atoms with Crippen molar-refractivity contribution in [2.45, 2.75) is 48.6 Å². The summed E-state index contributed by atoms with van der Waals surface area (Å²) in [6.45, 7) is 1.94. The van der Waals surface area contributed by atoms with Crippen molar-refractivity contribution in [3.05, 3.63) is 52.1 Å². The van der Waals surface area contributed by atoms with E-state index in [2.05, 4.69) is 37.1 Å². The Balaban J connectivity index is 1.59. The van der Waals surface area contributed by atoms with Gasteiger partial charge in [0.1, 0.15) is 16.6 Å². The molecule has 0 saturated heterocycles. The van der Waals surface area contributed by atoms with Gasteiger partial charge in [-0.1, -0.05) is 24.1 Å². The molecule has 3 aromatic rings. The zero-order valence-corrected chi connectivity index (χ0v) is 17.6. The number of benzene rings is 1. The van der Waals surface area contributed by atoms with E-state index in [4.69, 9.17) is 0 Å². The van der Waals surface area contributed by atoms with Crippen LogP contribution < -0.4 is 10.00 Å². The van der Waals surface area contributed by atoms with E-state index in [0.29, 0.717) is 27.4 Å². The minimum absolute atomic E-state index is 0.176. The molecule has 0 aliphatic heterocycles. The maximum Gasteiger partial charge on any atom is 0.364 e. The maximum absolute atomic E-state index is 13.1. The lowest BCUT2D eigenvalue weighted by Gasteiger charge is -2.14. The molecule has 1 saturated carbocycles. The molecular weight excluding hydrogens is 402 g/mol. The Hall–Kier alpha value is -3.14. The summed E-state index contributed by atoms with van der Waals surface area (Å²) in [6, 6.07) is 6.81. The summed E-state index contributed by atoms with van der Waals surface area (Å²) < 4.78 is 1.63. The number of nitrogens with zero attached hydrogens (tertiary/aromatic N) is 5. The van der Waals surface area contributed by atoms with Crippen LogP contribution in [0, 0.1) is 11.8 Å². The highest BCUT2D eigenvalue weighted by atomic mass is 32.2. The van der Waals surface area contributed by atoms with Gasteiger partial charge >= 0.3 is 5.16 Å². The number of anilines is 1. The summed E-state index contributed by atoms with van der Waals surface area (Å²) in [5, 5.41) is 16.8. The first-order valence-corrected chi connectivity index (χ1v) is 10.6. The average Bonchev–Trinajstić information content (AvgIpc) is 3.42. The number of aromatic amines is 1. The standard InChI is InChI=1S/C20H21N7O2S/c1-12-9-14(13-5-3-4-6-13)11-21-18(12)22-19(28)16-10-15(24-29)7-8-17(16)30-20-23-25-26-27(20)2/h7-11,13H,3-6H2,1-2H3,(H,21,22,28)/p+1. The van der Waals surface area contributed by atoms with Crippen LogP contribution in [0.3, 0.4) is 0 Å². The number of rotatable bonds is 6. The van der Waals surface area contributed by atoms with E-state index in [1.807, 2.05) is 13.1 Å². The first-order chi connectivity index (χ1) is 14.5. The molecule has 1 amide bonds. The monoisotopic (exact) mass is 424 g/mol. The van der Waals surface area contributed by atoms with Gasteiger partial charge in [0.15, 0.2) is 5.21 Å². The number of pyridine rings is 1. The zero-order valence-electron chi connectivity index (χ0n) is 16.8. The summed E-state index contributed by atoms with van der Waals surface area (Å²) in [5.74, 6) is 0.704. The second-order valence-electron chi connectivity index (χ2n) is 7.39. The number of carbonyl (C=O) groups excluding carboxylic acids is 1. The quantitative estimate of drug-likeness (QED) is 0.459. The molecule has 0 atom stereocenters. The maximum atomic E-state index is 13.1. The van der Waals surface area contributed by atoms with E-state index in [1.54, 1.807) is 23.9 Å². The largest absolute Gasteiger partial charge is 0.364 e. The number of carbonyl (C=O) groups is 1. The molecule has 1 aliphatic carbocycles. The number of H-pyrrole nitrogens is 1. The minimum atomic E-state index is -0.363. The summed E-state index contributed by atoms with van der Waals surface area (Å²) in [4.78, 5) is 29.2. The van der Waals surface area contributed by atoms with E-state index in [1.165, 1.54) is 49.1 Å². The molecule has 1 aliphatic rings. The van der Waals surface area contributed by atoms with Crippen LogP contribution in [-0.4, -0.2) is 26.4 Å². The number of hydrogen-bond donors (Lipinski definition) is 2. The molecule has 10 heteroatoms. The van der Waals surface area contributed by atoms with Crippen LogP contribution >= 0.6 is 11.8 Å². The van der Waals surface area contributed by atoms with Gasteiger partial charge in [0.2, 0.25) is 0 Å². The first kappa shape index (κ1) is 20.1. The molecule has 2 heterocycles. The first-order valence-electron chi connectivity index (χ1n) is 9.75. The van der Waals surface area contributed by atoms with Gasteiger partial charge in [0, 0.05) is 11.1 Å². The van der Waals surface area contributed by atoms with Crippen LogP contribution in [0.5, 0.6) is 0 Å². The van der Waals surface area contributed by atoms with Crippen molar-refractivity contribution in [3.8, 4) is 0 Å². The SMILES string of the molecule is Cc1cc(C2CCCC2)cnc1NC(=O)c1cc(N=O)ccc1Sc1nn[nH][n+]1C. The summed E-state index contributed by atoms with van der Waals surface area (Å²) in [6.07, 6.45) is 6.75. The Morgan fingerprint density at radius 2 is 2.10 bits per heavy atom. The molecule has 9 nitrogen and oxygen atoms in total. The van der Waals surface area contributed by atoms with Gasteiger partial charge in [0.25, 0.3) is 5.91 Å². The average molecular weight is 425 g/mol. The Bertz CT molecular complexity index is 1090. The zero-order chi connectivity index (χ0) is 21.1. The predicted octanol–water partition coefficient (Wildman–Crippen LogP) is 3.79. The molecule has 1 aromatic carbocycles. The van der Waals surface area contributed by atoms with Crippen molar-refractivity contribution < 1.29 is 9.48 Å². The van der Waals surface area contributed by atoms with Crippen LogP contribution in [0.25, 0.3) is 0 Å². The van der Waals surface area contributed by atoms with E-state index >= 15 is 0 Å². The van der Waals surface area contributed by atoms with Crippen LogP contribution in [0.2, 0.25) is 0 Å². The second-order valence-corrected chi connectivity index (χ2v) is 8.39. The van der Waals surface area contributed by atoms with Crippen LogP contribution in [-0.2, 0) is 7.05 Å². The fourth-order valence-electron chi connectivity index (χ4n) is 3.66. The molecule has 1 fully saturated rings. The molecule has 4 rings (SSSR count). The predicted molar refractivity (Wildman–Crippen MR) is 112 cm³/mol. The molecule has 2 N–H and O–H groups in total. The Labute approximate surface area is 177 Å². The lowest BCUT2D eigenvalue weighted by molar-refractivity contribution is -0.765. The van der Waals surface area contributed by atoms with E-state index in [-0.39, 0.29) is 11.6 Å².